The molecule has 8 heteroatoms. The lowest BCUT2D eigenvalue weighted by atomic mass is 9.99. The molecule has 8 nitrogen and oxygen atoms in total. The van der Waals surface area contributed by atoms with Gasteiger partial charge in [0.2, 0.25) is 0 Å². The van der Waals surface area contributed by atoms with Crippen molar-refractivity contribution in [2.75, 3.05) is 0 Å². The maximum atomic E-state index is 4.58. The van der Waals surface area contributed by atoms with Gasteiger partial charge in [0.1, 0.15) is 0 Å². The van der Waals surface area contributed by atoms with E-state index in [0.29, 0.717) is 0 Å². The zero-order valence-corrected chi connectivity index (χ0v) is 46.0. The zero-order chi connectivity index (χ0) is 55.6. The van der Waals surface area contributed by atoms with E-state index in [4.69, 9.17) is 0 Å². The summed E-state index contributed by atoms with van der Waals surface area (Å²) in [7, 11) is 0. The third kappa shape index (κ3) is 7.07. The van der Waals surface area contributed by atoms with Gasteiger partial charge in [0, 0.05) is 126 Å². The highest BCUT2D eigenvalue weighted by molar-refractivity contribution is 6.17. The molecule has 0 atom stereocenters. The molecule has 17 aromatic rings. The second kappa shape index (κ2) is 18.7. The number of pyridine rings is 4. The molecule has 0 spiro atoms. The molecular formula is C76H50N8. The van der Waals surface area contributed by atoms with Crippen molar-refractivity contribution in [3.63, 3.8) is 0 Å². The predicted octanol–water partition coefficient (Wildman–Crippen LogP) is 18.9. The lowest BCUT2D eigenvalue weighted by Gasteiger charge is -2.29. The van der Waals surface area contributed by atoms with E-state index in [0.717, 1.165) is 144 Å². The van der Waals surface area contributed by atoms with Gasteiger partial charge in [-0.1, -0.05) is 121 Å². The van der Waals surface area contributed by atoms with E-state index in [-0.39, 0.29) is 0 Å². The Hall–Kier alpha value is -11.2. The van der Waals surface area contributed by atoms with Crippen molar-refractivity contribution in [2.45, 2.75) is 13.8 Å². The van der Waals surface area contributed by atoms with Crippen molar-refractivity contribution < 1.29 is 0 Å². The molecule has 84 heavy (non-hydrogen) atoms. The fourth-order valence-corrected chi connectivity index (χ4v) is 13.7. The van der Waals surface area contributed by atoms with Gasteiger partial charge in [-0.2, -0.15) is 0 Å². The summed E-state index contributed by atoms with van der Waals surface area (Å²) < 4.78 is 10.3. The summed E-state index contributed by atoms with van der Waals surface area (Å²) in [5.74, 6) is 0. The summed E-state index contributed by atoms with van der Waals surface area (Å²) in [5, 5.41) is 9.32. The minimum Gasteiger partial charge on any atom is -0.307 e. The van der Waals surface area contributed by atoms with Crippen LogP contribution in [-0.4, -0.2) is 38.2 Å². The number of aromatic nitrogens is 8. The zero-order valence-electron chi connectivity index (χ0n) is 46.0. The molecular weight excluding hydrogens is 1020 g/mol. The number of para-hydroxylation sites is 4. The van der Waals surface area contributed by atoms with Crippen molar-refractivity contribution in [3.8, 4) is 67.3 Å². The van der Waals surface area contributed by atoms with E-state index < -0.39 is 0 Å². The van der Waals surface area contributed by atoms with Gasteiger partial charge < -0.3 is 18.3 Å². The third-order valence-electron chi connectivity index (χ3n) is 17.4. The molecule has 17 rings (SSSR count). The van der Waals surface area contributed by atoms with Crippen LogP contribution in [0.15, 0.2) is 268 Å². The molecule has 8 heterocycles. The first-order valence-corrected chi connectivity index (χ1v) is 28.5. The number of benzene rings is 9. The Balaban J connectivity index is 1.10. The number of hydrogen-bond donors (Lipinski definition) is 0. The third-order valence-corrected chi connectivity index (χ3v) is 17.4. The van der Waals surface area contributed by atoms with Gasteiger partial charge in [-0.05, 0) is 133 Å². The van der Waals surface area contributed by atoms with E-state index in [1.807, 2.05) is 73.8 Å². The van der Waals surface area contributed by atoms with E-state index >= 15 is 0 Å². The average molecular weight is 1080 g/mol. The molecule has 0 bridgehead atoms. The number of fused-ring (bicyclic) bond motifs is 12. The maximum Gasteiger partial charge on any atom is 0.0757 e. The Kier molecular flexibility index (Phi) is 10.6. The minimum atomic E-state index is 1.06. The van der Waals surface area contributed by atoms with Gasteiger partial charge in [-0.3, -0.25) is 19.9 Å². The van der Waals surface area contributed by atoms with E-state index in [1.54, 1.807) is 0 Å². The summed E-state index contributed by atoms with van der Waals surface area (Å²) in [6, 6.07) is 80.1. The van der Waals surface area contributed by atoms with Gasteiger partial charge in [0.05, 0.1) is 66.9 Å². The van der Waals surface area contributed by atoms with Crippen LogP contribution in [0, 0.1) is 13.8 Å². The highest BCUT2D eigenvalue weighted by atomic mass is 15.1. The Morgan fingerprint density at radius 2 is 0.440 bits per heavy atom. The first-order chi connectivity index (χ1) is 41.6. The topological polar surface area (TPSA) is 71.3 Å². The molecule has 9 aromatic carbocycles. The summed E-state index contributed by atoms with van der Waals surface area (Å²) in [4.78, 5) is 18.3. The molecule has 8 aromatic heterocycles. The number of nitrogens with zero attached hydrogens (tertiary/aromatic N) is 8. The van der Waals surface area contributed by atoms with Crippen LogP contribution in [0.3, 0.4) is 0 Å². The SMILES string of the molecule is Cc1c(-n2c3ccccc3c3ccccc32)c(-n2c3ccc(-c4cccnc4)cc3c3cc(-c4cccnc4)ccc32)c(C)c(-n2c3ccc(-c4cccnc4)cc3c3cc(-c4cccnc4)ccc32)c1-n1c2ccccc2c2ccccc21. The molecule has 0 aliphatic heterocycles. The van der Waals surface area contributed by atoms with E-state index in [9.17, 15) is 0 Å². The van der Waals surface area contributed by atoms with Crippen molar-refractivity contribution in [3.05, 3.63) is 279 Å². The number of rotatable bonds is 8. The Morgan fingerprint density at radius 3 is 0.667 bits per heavy atom. The van der Waals surface area contributed by atoms with Crippen LogP contribution >= 0.6 is 0 Å². The molecule has 394 valence electrons. The van der Waals surface area contributed by atoms with Gasteiger partial charge in [-0.15, -0.1) is 0 Å². The summed E-state index contributed by atoms with van der Waals surface area (Å²) >= 11 is 0. The highest BCUT2D eigenvalue weighted by Crippen LogP contribution is 2.50. The number of hydrogen-bond acceptors (Lipinski definition) is 4. The van der Waals surface area contributed by atoms with Crippen LogP contribution < -0.4 is 0 Å². The van der Waals surface area contributed by atoms with Gasteiger partial charge in [0.25, 0.3) is 0 Å². The second-order valence-corrected chi connectivity index (χ2v) is 21.9. The van der Waals surface area contributed by atoms with Crippen molar-refractivity contribution in [1.82, 2.24) is 38.2 Å². The lowest BCUT2D eigenvalue weighted by Crippen LogP contribution is -2.16. The van der Waals surface area contributed by atoms with E-state index in [1.165, 1.54) is 21.5 Å². The minimum absolute atomic E-state index is 1.06. The van der Waals surface area contributed by atoms with Crippen LogP contribution in [0.5, 0.6) is 0 Å². The van der Waals surface area contributed by atoms with Gasteiger partial charge in [0.15, 0.2) is 0 Å². The van der Waals surface area contributed by atoms with Crippen LogP contribution in [0.25, 0.3) is 154 Å². The largest absolute Gasteiger partial charge is 0.307 e. The monoisotopic (exact) mass is 1070 g/mol. The Bertz CT molecular complexity index is 4860. The van der Waals surface area contributed by atoms with Crippen LogP contribution in [-0.2, 0) is 0 Å². The fourth-order valence-electron chi connectivity index (χ4n) is 13.7. The second-order valence-electron chi connectivity index (χ2n) is 21.9. The standard InChI is InChI=1S/C76H50N8/c1-47-73(81-65-23-7-3-19-57(65)58-20-4-8-24-66(58)81)75(83-69-31-27-49(53-15-11-35-77-43-53)39-61(69)62-40-50(28-32-70(62)83)54-16-12-36-78-44-54)48(2)76(74(47)82-67-25-9-5-21-59(67)60-22-6-10-26-68(60)82)84-71-33-29-51(55-17-13-37-79-45-55)41-63(71)64-42-52(30-34-72(64)84)56-18-14-38-80-46-56/h3-46H,1-2H3. The molecule has 0 aliphatic carbocycles. The summed E-state index contributed by atoms with van der Waals surface area (Å²) in [6.45, 7) is 4.74. The summed E-state index contributed by atoms with van der Waals surface area (Å²) in [5.41, 5.74) is 24.1. The molecule has 0 fully saturated rings. The molecule has 0 radical (unpaired) electrons. The lowest BCUT2D eigenvalue weighted by molar-refractivity contribution is 0.999. The van der Waals surface area contributed by atoms with Crippen LogP contribution in [0.4, 0.5) is 0 Å². The van der Waals surface area contributed by atoms with Crippen LogP contribution in [0.1, 0.15) is 11.1 Å². The molecule has 0 saturated heterocycles. The smallest absolute Gasteiger partial charge is 0.0757 e. The first kappa shape index (κ1) is 47.6. The van der Waals surface area contributed by atoms with Crippen molar-refractivity contribution in [2.24, 2.45) is 0 Å². The molecule has 0 N–H and O–H groups in total. The predicted molar refractivity (Wildman–Crippen MR) is 346 cm³/mol. The molecule has 0 unspecified atom stereocenters. The highest BCUT2D eigenvalue weighted by Gasteiger charge is 2.32. The van der Waals surface area contributed by atoms with Gasteiger partial charge in [-0.25, -0.2) is 0 Å². The molecule has 0 saturated carbocycles. The quantitative estimate of drug-likeness (QED) is 0.152. The average Bonchev–Trinajstić information content (AvgIpc) is 2.84. The van der Waals surface area contributed by atoms with Crippen molar-refractivity contribution >= 4 is 87.2 Å². The van der Waals surface area contributed by atoms with Gasteiger partial charge >= 0.3 is 0 Å². The molecule has 0 amide bonds. The van der Waals surface area contributed by atoms with E-state index in [2.05, 4.69) is 246 Å². The first-order valence-electron chi connectivity index (χ1n) is 28.5. The molecule has 0 aliphatic rings. The fraction of sp³-hybridized carbons (Fsp3) is 0.0263. The normalized spacial score (nSPS) is 11.9. The van der Waals surface area contributed by atoms with Crippen molar-refractivity contribution in [1.29, 1.82) is 0 Å². The Morgan fingerprint density at radius 1 is 0.214 bits per heavy atom. The Labute approximate surface area is 483 Å². The maximum absolute atomic E-state index is 4.58. The summed E-state index contributed by atoms with van der Waals surface area (Å²) in [6.07, 6.45) is 15.2. The van der Waals surface area contributed by atoms with Crippen LogP contribution in [0.2, 0.25) is 0 Å².